The van der Waals surface area contributed by atoms with E-state index >= 15 is 0 Å². The molecular weight excluding hydrogens is 396 g/mol. The Morgan fingerprint density at radius 3 is 2.59 bits per heavy atom. The summed E-state index contributed by atoms with van der Waals surface area (Å²) in [5, 5.41) is 3.02. The fraction of sp³-hybridized carbons (Fsp3) is 0.286. The van der Waals surface area contributed by atoms with E-state index in [9.17, 15) is 14.4 Å². The highest BCUT2D eigenvalue weighted by atomic mass is 35.5. The van der Waals surface area contributed by atoms with Crippen LogP contribution in [-0.2, 0) is 19.1 Å². The highest BCUT2D eigenvalue weighted by molar-refractivity contribution is 6.32. The molecule has 7 nitrogen and oxygen atoms in total. The second-order valence-corrected chi connectivity index (χ2v) is 7.03. The summed E-state index contributed by atoms with van der Waals surface area (Å²) in [4.78, 5) is 37.2. The van der Waals surface area contributed by atoms with Crippen LogP contribution < -0.4 is 15.0 Å². The lowest BCUT2D eigenvalue weighted by atomic mass is 10.2. The zero-order valence-electron chi connectivity index (χ0n) is 15.9. The minimum absolute atomic E-state index is 0.0999. The third kappa shape index (κ3) is 5.71. The first-order valence-electron chi connectivity index (χ1n) is 9.17. The number of rotatable bonds is 7. The van der Waals surface area contributed by atoms with Gasteiger partial charge in [-0.15, -0.1) is 0 Å². The van der Waals surface area contributed by atoms with Gasteiger partial charge in [0.2, 0.25) is 5.91 Å². The summed E-state index contributed by atoms with van der Waals surface area (Å²) in [6, 6.07) is 12.1. The fourth-order valence-corrected chi connectivity index (χ4v) is 3.06. The van der Waals surface area contributed by atoms with E-state index in [0.717, 1.165) is 17.7 Å². The van der Waals surface area contributed by atoms with Gasteiger partial charge in [-0.3, -0.25) is 9.59 Å². The molecule has 0 atom stereocenters. The molecule has 1 N–H and O–H groups in total. The van der Waals surface area contributed by atoms with Gasteiger partial charge < -0.3 is 19.7 Å². The highest BCUT2D eigenvalue weighted by Crippen LogP contribution is 2.25. The maximum Gasteiger partial charge on any atom is 0.344 e. The summed E-state index contributed by atoms with van der Waals surface area (Å²) in [6.07, 6.45) is 1.41. The minimum atomic E-state index is -0.680. The predicted molar refractivity (Wildman–Crippen MR) is 109 cm³/mol. The number of hydrogen-bond donors (Lipinski definition) is 1. The van der Waals surface area contributed by atoms with Gasteiger partial charge in [0.1, 0.15) is 5.75 Å². The molecule has 1 aliphatic rings. The van der Waals surface area contributed by atoms with Crippen molar-refractivity contribution in [1.82, 2.24) is 0 Å². The van der Waals surface area contributed by atoms with Crippen molar-refractivity contribution < 1.29 is 23.9 Å². The number of esters is 1. The molecule has 2 aromatic carbocycles. The van der Waals surface area contributed by atoms with Gasteiger partial charge >= 0.3 is 5.97 Å². The van der Waals surface area contributed by atoms with Crippen molar-refractivity contribution in [3.8, 4) is 5.75 Å². The summed E-state index contributed by atoms with van der Waals surface area (Å²) < 4.78 is 10.2. The summed E-state index contributed by atoms with van der Waals surface area (Å²) in [5.74, 6) is -0.676. The van der Waals surface area contributed by atoms with E-state index in [2.05, 4.69) is 5.32 Å². The van der Waals surface area contributed by atoms with Crippen molar-refractivity contribution >= 4 is 40.8 Å². The molecule has 1 saturated heterocycles. The Balaban J connectivity index is 1.43. The number of amides is 2. The molecule has 152 valence electrons. The summed E-state index contributed by atoms with van der Waals surface area (Å²) in [6.45, 7) is 1.79. The Labute approximate surface area is 173 Å². The number of nitrogens with one attached hydrogen (secondary N) is 1. The molecule has 1 fully saturated rings. The number of hydrogen-bond acceptors (Lipinski definition) is 5. The van der Waals surface area contributed by atoms with Gasteiger partial charge in [0.05, 0.1) is 5.02 Å². The van der Waals surface area contributed by atoms with Gasteiger partial charge in [0, 0.05) is 24.3 Å². The van der Waals surface area contributed by atoms with Gasteiger partial charge in [-0.2, -0.15) is 0 Å². The van der Waals surface area contributed by atoms with Crippen LogP contribution in [0.25, 0.3) is 0 Å². The predicted octanol–water partition coefficient (Wildman–Crippen LogP) is 3.34. The quantitative estimate of drug-likeness (QED) is 0.700. The van der Waals surface area contributed by atoms with Crippen molar-refractivity contribution in [2.75, 3.05) is 30.0 Å². The van der Waals surface area contributed by atoms with Crippen LogP contribution in [0, 0.1) is 6.92 Å². The molecule has 29 heavy (non-hydrogen) atoms. The third-order valence-electron chi connectivity index (χ3n) is 4.33. The SMILES string of the molecule is Cc1ccc(Cl)c(OCC(=O)OCC(=O)Nc2ccc(N3CCCC3=O)cc2)c1. The number of aryl methyl sites for hydroxylation is 1. The number of anilines is 2. The van der Waals surface area contributed by atoms with E-state index < -0.39 is 18.5 Å². The fourth-order valence-electron chi connectivity index (χ4n) is 2.89. The molecule has 0 aliphatic carbocycles. The zero-order chi connectivity index (χ0) is 20.8. The molecule has 2 amide bonds. The normalized spacial score (nSPS) is 13.3. The lowest BCUT2D eigenvalue weighted by molar-refractivity contribution is -0.149. The van der Waals surface area contributed by atoms with Crippen molar-refractivity contribution in [3.05, 3.63) is 53.1 Å². The molecule has 3 rings (SSSR count). The first-order valence-corrected chi connectivity index (χ1v) is 9.55. The van der Waals surface area contributed by atoms with Crippen molar-refractivity contribution in [2.45, 2.75) is 19.8 Å². The maximum absolute atomic E-state index is 12.0. The van der Waals surface area contributed by atoms with E-state index in [1.165, 1.54) is 0 Å². The first-order chi connectivity index (χ1) is 13.9. The number of benzene rings is 2. The molecule has 0 saturated carbocycles. The van der Waals surface area contributed by atoms with Crippen LogP contribution >= 0.6 is 11.6 Å². The standard InChI is InChI=1S/C21H21ClN2O5/c1-14-4-9-17(22)18(11-14)28-13-21(27)29-12-19(25)23-15-5-7-16(8-6-15)24-10-2-3-20(24)26/h4-9,11H,2-3,10,12-13H2,1H3,(H,23,25). The van der Waals surface area contributed by atoms with E-state index in [4.69, 9.17) is 21.1 Å². The second kappa shape index (κ2) is 9.43. The van der Waals surface area contributed by atoms with Gasteiger partial charge in [-0.1, -0.05) is 17.7 Å². The molecule has 1 aliphatic heterocycles. The van der Waals surface area contributed by atoms with E-state index in [1.807, 2.05) is 13.0 Å². The van der Waals surface area contributed by atoms with Crippen molar-refractivity contribution in [1.29, 1.82) is 0 Å². The average Bonchev–Trinajstić information content (AvgIpc) is 3.13. The molecule has 8 heteroatoms. The van der Waals surface area contributed by atoms with Gasteiger partial charge in [0.15, 0.2) is 13.2 Å². The Kier molecular flexibility index (Phi) is 6.72. The smallest absolute Gasteiger partial charge is 0.344 e. The van der Waals surface area contributed by atoms with E-state index in [-0.39, 0.29) is 12.5 Å². The lowest BCUT2D eigenvalue weighted by Gasteiger charge is -2.16. The minimum Gasteiger partial charge on any atom is -0.480 e. The van der Waals surface area contributed by atoms with E-state index in [1.54, 1.807) is 41.3 Å². The molecule has 0 unspecified atom stereocenters. The van der Waals surface area contributed by atoms with Gasteiger partial charge in [-0.05, 0) is 55.3 Å². The Hall–Kier alpha value is -3.06. The number of carbonyl (C=O) groups excluding carboxylic acids is 3. The molecule has 0 aromatic heterocycles. The van der Waals surface area contributed by atoms with Crippen molar-refractivity contribution in [2.24, 2.45) is 0 Å². The molecule has 1 heterocycles. The maximum atomic E-state index is 12.0. The first kappa shape index (κ1) is 20.7. The van der Waals surface area contributed by atoms with Crippen LogP contribution in [0.1, 0.15) is 18.4 Å². The highest BCUT2D eigenvalue weighted by Gasteiger charge is 2.21. The lowest BCUT2D eigenvalue weighted by Crippen LogP contribution is -2.24. The van der Waals surface area contributed by atoms with Crippen LogP contribution in [0.15, 0.2) is 42.5 Å². The van der Waals surface area contributed by atoms with Crippen LogP contribution in [-0.4, -0.2) is 37.5 Å². The monoisotopic (exact) mass is 416 g/mol. The van der Waals surface area contributed by atoms with Crippen LogP contribution in [0.2, 0.25) is 5.02 Å². The third-order valence-corrected chi connectivity index (χ3v) is 4.64. The van der Waals surface area contributed by atoms with Crippen LogP contribution in [0.5, 0.6) is 5.75 Å². The average molecular weight is 417 g/mol. The zero-order valence-corrected chi connectivity index (χ0v) is 16.7. The number of halogens is 1. The number of nitrogens with zero attached hydrogens (tertiary/aromatic N) is 1. The summed E-state index contributed by atoms with van der Waals surface area (Å²) >= 11 is 6.00. The Morgan fingerprint density at radius 1 is 1.14 bits per heavy atom. The van der Waals surface area contributed by atoms with Gasteiger partial charge in [0.25, 0.3) is 5.91 Å². The van der Waals surface area contributed by atoms with Crippen LogP contribution in [0.3, 0.4) is 0 Å². The topological polar surface area (TPSA) is 84.9 Å². The Morgan fingerprint density at radius 2 is 1.90 bits per heavy atom. The number of ether oxygens (including phenoxy) is 2. The van der Waals surface area contributed by atoms with Crippen molar-refractivity contribution in [3.63, 3.8) is 0 Å². The Bertz CT molecular complexity index is 914. The number of carbonyl (C=O) groups is 3. The van der Waals surface area contributed by atoms with Crippen LogP contribution in [0.4, 0.5) is 11.4 Å². The molecule has 0 spiro atoms. The second-order valence-electron chi connectivity index (χ2n) is 6.63. The summed E-state index contributed by atoms with van der Waals surface area (Å²) in [5.41, 5.74) is 2.28. The molecular formula is C21H21ClN2O5. The largest absolute Gasteiger partial charge is 0.480 e. The summed E-state index contributed by atoms with van der Waals surface area (Å²) in [7, 11) is 0. The van der Waals surface area contributed by atoms with Gasteiger partial charge in [-0.25, -0.2) is 4.79 Å². The molecule has 0 bridgehead atoms. The molecule has 0 radical (unpaired) electrons. The van der Waals surface area contributed by atoms with E-state index in [0.29, 0.717) is 29.4 Å². The molecule has 2 aromatic rings.